The van der Waals surface area contributed by atoms with Gasteiger partial charge in [0.1, 0.15) is 12.1 Å². The zero-order valence-corrected chi connectivity index (χ0v) is 10.9. The van der Waals surface area contributed by atoms with Crippen LogP contribution in [0.4, 0.5) is 5.69 Å². The van der Waals surface area contributed by atoms with E-state index in [-0.39, 0.29) is 0 Å². The van der Waals surface area contributed by atoms with E-state index in [2.05, 4.69) is 10.3 Å². The average Bonchev–Trinajstić information content (AvgIpc) is 2.52. The first-order valence-corrected chi connectivity index (χ1v) is 5.94. The van der Waals surface area contributed by atoms with E-state index in [4.69, 9.17) is 15.3 Å². The summed E-state index contributed by atoms with van der Waals surface area (Å²) < 4.78 is 5.17. The maximum Gasteiger partial charge on any atom is 0.218 e. The van der Waals surface area contributed by atoms with Gasteiger partial charge in [-0.3, -0.25) is 0 Å². The highest BCUT2D eigenvalue weighted by Gasteiger charge is 2.05. The first-order chi connectivity index (χ1) is 9.78. The molecule has 0 radical (unpaired) electrons. The van der Waals surface area contributed by atoms with Crippen molar-refractivity contribution in [2.75, 3.05) is 12.4 Å². The van der Waals surface area contributed by atoms with Crippen LogP contribution >= 0.6 is 0 Å². The average molecular weight is 264 g/mol. The van der Waals surface area contributed by atoms with Crippen molar-refractivity contribution in [1.82, 2.24) is 4.98 Å². The van der Waals surface area contributed by atoms with Crippen LogP contribution in [-0.2, 0) is 6.54 Å². The number of nitrogens with one attached hydrogen (secondary N) is 1. The second-order valence-corrected chi connectivity index (χ2v) is 4.01. The highest BCUT2D eigenvalue weighted by atomic mass is 16.5. The third-order valence-electron chi connectivity index (χ3n) is 2.79. The fraction of sp³-hybridized carbons (Fsp3) is 0.133. The summed E-state index contributed by atoms with van der Waals surface area (Å²) >= 11 is 0. The van der Waals surface area contributed by atoms with Crippen LogP contribution in [0.3, 0.4) is 0 Å². The first-order valence-electron chi connectivity index (χ1n) is 5.94. The number of nitriles is 2. The molecule has 0 aliphatic heterocycles. The van der Waals surface area contributed by atoms with E-state index in [1.165, 1.54) is 0 Å². The molecule has 0 spiro atoms. The predicted molar refractivity (Wildman–Crippen MR) is 74.0 cm³/mol. The Bertz CT molecular complexity index is 698. The van der Waals surface area contributed by atoms with Gasteiger partial charge in [-0.2, -0.15) is 10.5 Å². The largest absolute Gasteiger partial charge is 0.481 e. The van der Waals surface area contributed by atoms with Gasteiger partial charge in [0.25, 0.3) is 0 Å². The number of methoxy groups -OCH3 is 1. The Morgan fingerprint density at radius 2 is 2.00 bits per heavy atom. The molecule has 0 saturated heterocycles. The summed E-state index contributed by atoms with van der Waals surface area (Å²) in [4.78, 5) is 4.11. The fourth-order valence-corrected chi connectivity index (χ4v) is 1.78. The standard InChI is InChI=1S/C15H12N4O/c1-20-15-12(3-2-6-18-15)10-19-14-5-4-11(8-16)13(7-14)9-17/h2-7,19H,10H2,1H3. The smallest absolute Gasteiger partial charge is 0.218 e. The third-order valence-corrected chi connectivity index (χ3v) is 2.79. The lowest BCUT2D eigenvalue weighted by Crippen LogP contribution is -2.03. The molecule has 0 aliphatic carbocycles. The van der Waals surface area contributed by atoms with Crippen LogP contribution in [0.5, 0.6) is 5.88 Å². The summed E-state index contributed by atoms with van der Waals surface area (Å²) in [6, 6.07) is 12.8. The maximum absolute atomic E-state index is 8.98. The lowest BCUT2D eigenvalue weighted by Gasteiger charge is -2.09. The molecule has 0 saturated carbocycles. The van der Waals surface area contributed by atoms with Gasteiger partial charge in [-0.05, 0) is 24.3 Å². The Hall–Kier alpha value is -3.05. The number of ether oxygens (including phenoxy) is 1. The van der Waals surface area contributed by atoms with Gasteiger partial charge in [-0.15, -0.1) is 0 Å². The Kier molecular flexibility index (Phi) is 4.16. The van der Waals surface area contributed by atoms with Crippen LogP contribution in [0, 0.1) is 22.7 Å². The number of hydrogen-bond donors (Lipinski definition) is 1. The molecule has 1 aromatic heterocycles. The highest BCUT2D eigenvalue weighted by molar-refractivity contribution is 5.56. The van der Waals surface area contributed by atoms with Crippen molar-refractivity contribution >= 4 is 5.69 Å². The monoisotopic (exact) mass is 264 g/mol. The van der Waals surface area contributed by atoms with Crippen molar-refractivity contribution in [1.29, 1.82) is 10.5 Å². The second kappa shape index (κ2) is 6.21. The molecule has 1 heterocycles. The van der Waals surface area contributed by atoms with Gasteiger partial charge in [0, 0.05) is 24.0 Å². The molecule has 0 aliphatic rings. The molecule has 1 aromatic carbocycles. The molecule has 0 unspecified atom stereocenters. The summed E-state index contributed by atoms with van der Waals surface area (Å²) in [5.41, 5.74) is 2.41. The van der Waals surface area contributed by atoms with Crippen LogP contribution in [0.25, 0.3) is 0 Å². The van der Waals surface area contributed by atoms with Crippen molar-refractivity contribution in [3.8, 4) is 18.0 Å². The summed E-state index contributed by atoms with van der Waals surface area (Å²) in [6.45, 7) is 0.522. The predicted octanol–water partition coefficient (Wildman–Crippen LogP) is 2.45. The summed E-state index contributed by atoms with van der Waals surface area (Å²) in [7, 11) is 1.57. The Morgan fingerprint density at radius 1 is 1.20 bits per heavy atom. The Labute approximate surface area is 117 Å². The Morgan fingerprint density at radius 3 is 2.70 bits per heavy atom. The number of rotatable bonds is 4. The molecule has 5 heteroatoms. The van der Waals surface area contributed by atoms with Crippen molar-refractivity contribution < 1.29 is 4.74 Å². The normalized spacial score (nSPS) is 9.35. The molecule has 20 heavy (non-hydrogen) atoms. The van der Waals surface area contributed by atoms with Crippen molar-refractivity contribution in [2.45, 2.75) is 6.54 Å². The third kappa shape index (κ3) is 2.85. The number of hydrogen-bond acceptors (Lipinski definition) is 5. The molecule has 2 aromatic rings. The van der Waals surface area contributed by atoms with Gasteiger partial charge in [-0.25, -0.2) is 4.98 Å². The van der Waals surface area contributed by atoms with E-state index in [9.17, 15) is 0 Å². The highest BCUT2D eigenvalue weighted by Crippen LogP contribution is 2.18. The zero-order valence-electron chi connectivity index (χ0n) is 10.9. The molecule has 1 N–H and O–H groups in total. The van der Waals surface area contributed by atoms with E-state index in [0.29, 0.717) is 23.6 Å². The van der Waals surface area contributed by atoms with Gasteiger partial charge >= 0.3 is 0 Å². The van der Waals surface area contributed by atoms with Crippen molar-refractivity contribution in [3.63, 3.8) is 0 Å². The Balaban J connectivity index is 2.16. The van der Waals surface area contributed by atoms with E-state index in [1.54, 1.807) is 31.5 Å². The van der Waals surface area contributed by atoms with Crippen LogP contribution in [0.1, 0.15) is 16.7 Å². The molecular weight excluding hydrogens is 252 g/mol. The number of pyridine rings is 1. The van der Waals surface area contributed by atoms with E-state index in [0.717, 1.165) is 11.3 Å². The van der Waals surface area contributed by atoms with Gasteiger partial charge in [-0.1, -0.05) is 6.07 Å². The van der Waals surface area contributed by atoms with Crippen LogP contribution in [-0.4, -0.2) is 12.1 Å². The molecule has 0 atom stereocenters. The van der Waals surface area contributed by atoms with Crippen molar-refractivity contribution in [2.24, 2.45) is 0 Å². The fourth-order valence-electron chi connectivity index (χ4n) is 1.78. The van der Waals surface area contributed by atoms with Crippen LogP contribution < -0.4 is 10.1 Å². The molecule has 0 fully saturated rings. The quantitative estimate of drug-likeness (QED) is 0.917. The van der Waals surface area contributed by atoms with E-state index < -0.39 is 0 Å². The van der Waals surface area contributed by atoms with E-state index >= 15 is 0 Å². The first kappa shape index (κ1) is 13.4. The topological polar surface area (TPSA) is 81.7 Å². The van der Waals surface area contributed by atoms with Gasteiger partial charge in [0.15, 0.2) is 0 Å². The molecular formula is C15H12N4O. The number of aromatic nitrogens is 1. The molecule has 0 amide bonds. The molecule has 2 rings (SSSR count). The zero-order chi connectivity index (χ0) is 14.4. The lowest BCUT2D eigenvalue weighted by atomic mass is 10.1. The summed E-state index contributed by atoms with van der Waals surface area (Å²) in [5, 5.41) is 21.0. The summed E-state index contributed by atoms with van der Waals surface area (Å²) in [6.07, 6.45) is 1.66. The number of benzene rings is 1. The lowest BCUT2D eigenvalue weighted by molar-refractivity contribution is 0.393. The SMILES string of the molecule is COc1ncccc1CNc1ccc(C#N)c(C#N)c1. The van der Waals surface area contributed by atoms with Gasteiger partial charge in [0.2, 0.25) is 5.88 Å². The number of anilines is 1. The van der Waals surface area contributed by atoms with E-state index in [1.807, 2.05) is 24.3 Å². The second-order valence-electron chi connectivity index (χ2n) is 4.01. The minimum atomic E-state index is 0.357. The van der Waals surface area contributed by atoms with Crippen molar-refractivity contribution in [3.05, 3.63) is 53.2 Å². The molecule has 0 bridgehead atoms. The molecule has 98 valence electrons. The van der Waals surface area contributed by atoms with Gasteiger partial charge in [0.05, 0.1) is 18.2 Å². The minimum absolute atomic E-state index is 0.357. The number of nitrogens with zero attached hydrogens (tertiary/aromatic N) is 3. The maximum atomic E-state index is 8.98. The van der Waals surface area contributed by atoms with Crippen LogP contribution in [0.15, 0.2) is 36.5 Å². The van der Waals surface area contributed by atoms with Gasteiger partial charge < -0.3 is 10.1 Å². The molecule has 5 nitrogen and oxygen atoms in total. The van der Waals surface area contributed by atoms with Crippen LogP contribution in [0.2, 0.25) is 0 Å². The minimum Gasteiger partial charge on any atom is -0.481 e. The summed E-state index contributed by atoms with van der Waals surface area (Å²) in [5.74, 6) is 0.564.